The number of nitrogens with two attached hydrogens (primary N) is 1. The van der Waals surface area contributed by atoms with Crippen molar-refractivity contribution in [2.75, 3.05) is 19.1 Å². The second-order valence-electron chi connectivity index (χ2n) is 4.34. The largest absolute Gasteiger partial charge is 0.497 e. The van der Waals surface area contributed by atoms with Crippen LogP contribution < -0.4 is 15.4 Å². The van der Waals surface area contributed by atoms with E-state index in [4.69, 9.17) is 15.9 Å². The number of ether oxygens (including phenoxy) is 1. The van der Waals surface area contributed by atoms with Gasteiger partial charge < -0.3 is 15.4 Å². The van der Waals surface area contributed by atoms with E-state index in [1.165, 1.54) is 12.1 Å². The summed E-state index contributed by atoms with van der Waals surface area (Å²) in [5, 5.41) is 7.57. The van der Waals surface area contributed by atoms with Crippen LogP contribution in [0.3, 0.4) is 0 Å². The van der Waals surface area contributed by atoms with Gasteiger partial charge in [-0.2, -0.15) is 0 Å². The fourth-order valence-electron chi connectivity index (χ4n) is 1.97. The van der Waals surface area contributed by atoms with Crippen LogP contribution in [0.2, 0.25) is 0 Å². The van der Waals surface area contributed by atoms with Gasteiger partial charge in [0.05, 0.1) is 12.8 Å². The number of nitrogens with one attached hydrogen (secondary N) is 1. The van der Waals surface area contributed by atoms with Gasteiger partial charge in [0.1, 0.15) is 17.4 Å². The maximum Gasteiger partial charge on any atom is 0.125 e. The molecule has 0 saturated carbocycles. The van der Waals surface area contributed by atoms with Gasteiger partial charge in [-0.05, 0) is 30.3 Å². The number of methoxy groups -OCH3 is 1. The van der Waals surface area contributed by atoms with E-state index in [1.54, 1.807) is 13.2 Å². The minimum atomic E-state index is -0.419. The minimum absolute atomic E-state index is 0.172. The first kappa shape index (κ1) is 13.9. The standard InChI is InChI=1S/C15H16FN3O/c1-19(11-4-3-5-12(9-11)20-2)14-7-6-10(16)8-13(14)15(17)18/h3-9H,1-2H3,(H3,17,18). The third kappa shape index (κ3) is 2.71. The molecule has 0 bridgehead atoms. The van der Waals surface area contributed by atoms with Crippen LogP contribution in [0.15, 0.2) is 42.5 Å². The third-order valence-corrected chi connectivity index (χ3v) is 3.05. The smallest absolute Gasteiger partial charge is 0.125 e. The number of hydrogen-bond acceptors (Lipinski definition) is 3. The Morgan fingerprint density at radius 1 is 1.25 bits per heavy atom. The van der Waals surface area contributed by atoms with Gasteiger partial charge in [-0.15, -0.1) is 0 Å². The maximum atomic E-state index is 13.3. The highest BCUT2D eigenvalue weighted by Crippen LogP contribution is 2.29. The number of rotatable bonds is 4. The lowest BCUT2D eigenvalue weighted by atomic mass is 10.1. The lowest BCUT2D eigenvalue weighted by Crippen LogP contribution is -2.18. The molecule has 20 heavy (non-hydrogen) atoms. The van der Waals surface area contributed by atoms with Crippen LogP contribution in [-0.4, -0.2) is 20.0 Å². The number of nitrogen functional groups attached to an aromatic ring is 1. The first-order valence-electron chi connectivity index (χ1n) is 6.04. The summed E-state index contributed by atoms with van der Waals surface area (Å²) in [7, 11) is 3.42. The topological polar surface area (TPSA) is 62.3 Å². The Morgan fingerprint density at radius 2 is 2.00 bits per heavy atom. The molecule has 4 nitrogen and oxygen atoms in total. The van der Waals surface area contributed by atoms with E-state index >= 15 is 0 Å². The Labute approximate surface area is 117 Å². The molecule has 3 N–H and O–H groups in total. The number of anilines is 2. The second kappa shape index (κ2) is 5.61. The van der Waals surface area contributed by atoms with Gasteiger partial charge in [-0.1, -0.05) is 6.07 Å². The molecule has 5 heteroatoms. The summed E-state index contributed by atoms with van der Waals surface area (Å²) < 4.78 is 18.5. The lowest BCUT2D eigenvalue weighted by Gasteiger charge is -2.22. The summed E-state index contributed by atoms with van der Waals surface area (Å²) >= 11 is 0. The Kier molecular flexibility index (Phi) is 3.89. The van der Waals surface area contributed by atoms with Gasteiger partial charge in [-0.3, -0.25) is 5.41 Å². The van der Waals surface area contributed by atoms with E-state index in [1.807, 2.05) is 36.2 Å². The molecule has 104 valence electrons. The van der Waals surface area contributed by atoms with Crippen molar-refractivity contribution in [3.63, 3.8) is 0 Å². The van der Waals surface area contributed by atoms with Crippen molar-refractivity contribution < 1.29 is 9.13 Å². The molecule has 0 heterocycles. The summed E-state index contributed by atoms with van der Waals surface area (Å²) in [5.74, 6) is 0.132. The van der Waals surface area contributed by atoms with E-state index in [9.17, 15) is 4.39 Å². The normalized spacial score (nSPS) is 10.2. The van der Waals surface area contributed by atoms with Crippen LogP contribution >= 0.6 is 0 Å². The molecule has 0 aliphatic carbocycles. The summed E-state index contributed by atoms with van der Waals surface area (Å²) in [6.45, 7) is 0. The predicted octanol–water partition coefficient (Wildman–Crippen LogP) is 2.89. The van der Waals surface area contributed by atoms with Crippen molar-refractivity contribution in [2.24, 2.45) is 5.73 Å². The molecule has 0 unspecified atom stereocenters. The van der Waals surface area contributed by atoms with Crippen molar-refractivity contribution in [1.29, 1.82) is 5.41 Å². The summed E-state index contributed by atoms with van der Waals surface area (Å²) in [6.07, 6.45) is 0. The Bertz CT molecular complexity index is 643. The Morgan fingerprint density at radius 3 is 2.65 bits per heavy atom. The van der Waals surface area contributed by atoms with Crippen LogP contribution in [-0.2, 0) is 0 Å². The van der Waals surface area contributed by atoms with Gasteiger partial charge in [-0.25, -0.2) is 4.39 Å². The first-order chi connectivity index (χ1) is 9.52. The van der Waals surface area contributed by atoms with Crippen LogP contribution in [0.25, 0.3) is 0 Å². The molecule has 0 aromatic heterocycles. The van der Waals surface area contributed by atoms with E-state index < -0.39 is 5.82 Å². The van der Waals surface area contributed by atoms with E-state index in [2.05, 4.69) is 0 Å². The zero-order valence-electron chi connectivity index (χ0n) is 11.4. The van der Waals surface area contributed by atoms with Gasteiger partial charge >= 0.3 is 0 Å². The summed E-state index contributed by atoms with van der Waals surface area (Å²) in [5.41, 5.74) is 7.40. The SMILES string of the molecule is COc1cccc(N(C)c2ccc(F)cc2C(=N)N)c1. The molecule has 0 atom stereocenters. The Hall–Kier alpha value is -2.56. The minimum Gasteiger partial charge on any atom is -0.497 e. The molecule has 0 fully saturated rings. The molecule has 2 aromatic carbocycles. The highest BCUT2D eigenvalue weighted by atomic mass is 19.1. The van der Waals surface area contributed by atoms with E-state index in [-0.39, 0.29) is 5.84 Å². The fourth-order valence-corrected chi connectivity index (χ4v) is 1.97. The van der Waals surface area contributed by atoms with Gasteiger partial charge in [0.15, 0.2) is 0 Å². The van der Waals surface area contributed by atoms with Gasteiger partial charge in [0.2, 0.25) is 0 Å². The molecule has 0 aliphatic heterocycles. The van der Waals surface area contributed by atoms with Crippen molar-refractivity contribution in [2.45, 2.75) is 0 Å². The summed E-state index contributed by atoms with van der Waals surface area (Å²) in [6, 6.07) is 11.7. The molecule has 0 radical (unpaired) electrons. The molecular weight excluding hydrogens is 257 g/mol. The van der Waals surface area contributed by atoms with Crippen LogP contribution in [0.4, 0.5) is 15.8 Å². The molecule has 0 aliphatic rings. The average Bonchev–Trinajstić information content (AvgIpc) is 2.46. The molecule has 0 spiro atoms. The van der Waals surface area contributed by atoms with Crippen LogP contribution in [0.1, 0.15) is 5.56 Å². The first-order valence-corrected chi connectivity index (χ1v) is 6.04. The van der Waals surface area contributed by atoms with Crippen molar-refractivity contribution in [1.82, 2.24) is 0 Å². The third-order valence-electron chi connectivity index (χ3n) is 3.05. The van der Waals surface area contributed by atoms with Crippen molar-refractivity contribution in [3.05, 3.63) is 53.8 Å². The van der Waals surface area contributed by atoms with Crippen molar-refractivity contribution in [3.8, 4) is 5.75 Å². The van der Waals surface area contributed by atoms with Crippen LogP contribution in [0.5, 0.6) is 5.75 Å². The molecular formula is C15H16FN3O. The highest BCUT2D eigenvalue weighted by molar-refractivity contribution is 6.01. The fraction of sp³-hybridized carbons (Fsp3) is 0.133. The number of amidine groups is 1. The average molecular weight is 273 g/mol. The second-order valence-corrected chi connectivity index (χ2v) is 4.34. The number of benzene rings is 2. The summed E-state index contributed by atoms with van der Waals surface area (Å²) in [4.78, 5) is 1.83. The Balaban J connectivity index is 2.47. The number of halogens is 1. The number of hydrogen-bond donors (Lipinski definition) is 2. The van der Waals surface area contributed by atoms with E-state index in [0.717, 1.165) is 11.4 Å². The maximum absolute atomic E-state index is 13.3. The molecule has 2 aromatic rings. The monoisotopic (exact) mass is 273 g/mol. The molecule has 0 amide bonds. The quantitative estimate of drug-likeness (QED) is 0.665. The lowest BCUT2D eigenvalue weighted by molar-refractivity contribution is 0.415. The number of nitrogens with zero attached hydrogens (tertiary/aromatic N) is 1. The predicted molar refractivity (Wildman–Crippen MR) is 78.5 cm³/mol. The van der Waals surface area contributed by atoms with Crippen LogP contribution in [0, 0.1) is 11.2 Å². The van der Waals surface area contributed by atoms with Crippen molar-refractivity contribution >= 4 is 17.2 Å². The zero-order chi connectivity index (χ0) is 14.7. The molecule has 2 rings (SSSR count). The van der Waals surface area contributed by atoms with Gasteiger partial charge in [0.25, 0.3) is 0 Å². The highest BCUT2D eigenvalue weighted by Gasteiger charge is 2.13. The molecule has 0 saturated heterocycles. The zero-order valence-corrected chi connectivity index (χ0v) is 11.4. The van der Waals surface area contributed by atoms with Gasteiger partial charge in [0, 0.05) is 24.4 Å². The van der Waals surface area contributed by atoms with E-state index in [0.29, 0.717) is 11.3 Å².